The van der Waals surface area contributed by atoms with Gasteiger partial charge in [-0.15, -0.1) is 0 Å². The Bertz CT molecular complexity index is 594. The molecule has 0 unspecified atom stereocenters. The van der Waals surface area contributed by atoms with Crippen molar-refractivity contribution in [3.05, 3.63) is 0 Å². The van der Waals surface area contributed by atoms with Gasteiger partial charge in [-0.2, -0.15) is 0 Å². The summed E-state index contributed by atoms with van der Waals surface area (Å²) in [5, 5.41) is 2.64. The first-order valence-electron chi connectivity index (χ1n) is 15.0. The zero-order valence-electron chi connectivity index (χ0n) is 23.7. The first-order chi connectivity index (χ1) is 17.4. The Balaban J connectivity index is 2.60. The summed E-state index contributed by atoms with van der Waals surface area (Å²) < 4.78 is 11.4. The average Bonchev–Trinajstić information content (AvgIpc) is 2.84. The maximum atomic E-state index is 12.9. The summed E-state index contributed by atoms with van der Waals surface area (Å²) >= 11 is 0. The zero-order valence-corrected chi connectivity index (χ0v) is 23.7. The Labute approximate surface area is 221 Å². The van der Waals surface area contributed by atoms with E-state index in [4.69, 9.17) is 9.47 Å². The number of hydrogen-bond donors (Lipinski definition) is 1. The van der Waals surface area contributed by atoms with Gasteiger partial charge in [-0.25, -0.2) is 4.79 Å². The van der Waals surface area contributed by atoms with E-state index in [1.807, 2.05) is 0 Å². The molecule has 0 saturated carbocycles. The fourth-order valence-corrected chi connectivity index (χ4v) is 4.97. The molecule has 0 spiro atoms. The SMILES string of the molecule is CCCCCCCCCCC[C@@H](C[C@@H]1OC(=O)[C@H]1CCCCCC)OC(=O)[C@@H](CCC(C)C)NC=O. The highest BCUT2D eigenvalue weighted by Gasteiger charge is 2.43. The van der Waals surface area contributed by atoms with Crippen molar-refractivity contribution < 1.29 is 23.9 Å². The molecule has 0 aromatic heterocycles. The van der Waals surface area contributed by atoms with Crippen LogP contribution in [-0.2, 0) is 23.9 Å². The van der Waals surface area contributed by atoms with E-state index in [9.17, 15) is 14.4 Å². The highest BCUT2D eigenvalue weighted by atomic mass is 16.6. The molecule has 1 amide bonds. The number of unbranched alkanes of at least 4 members (excludes halogenated alkanes) is 11. The molecule has 4 atom stereocenters. The number of hydrogen-bond acceptors (Lipinski definition) is 5. The Morgan fingerprint density at radius 1 is 0.889 bits per heavy atom. The maximum Gasteiger partial charge on any atom is 0.328 e. The minimum atomic E-state index is -0.621. The second kappa shape index (κ2) is 20.5. The third-order valence-corrected chi connectivity index (χ3v) is 7.38. The smallest absolute Gasteiger partial charge is 0.328 e. The molecule has 210 valence electrons. The largest absolute Gasteiger partial charge is 0.461 e. The van der Waals surface area contributed by atoms with E-state index in [0.29, 0.717) is 25.2 Å². The fourth-order valence-electron chi connectivity index (χ4n) is 4.97. The van der Waals surface area contributed by atoms with Crippen LogP contribution in [0.2, 0.25) is 0 Å². The topological polar surface area (TPSA) is 81.7 Å². The number of esters is 2. The van der Waals surface area contributed by atoms with Gasteiger partial charge in [0.1, 0.15) is 18.2 Å². The molecule has 36 heavy (non-hydrogen) atoms. The summed E-state index contributed by atoms with van der Waals surface area (Å²) in [7, 11) is 0. The Morgan fingerprint density at radius 3 is 2.03 bits per heavy atom. The molecule has 1 N–H and O–H groups in total. The van der Waals surface area contributed by atoms with Crippen LogP contribution in [0.25, 0.3) is 0 Å². The van der Waals surface area contributed by atoms with Gasteiger partial charge in [0, 0.05) is 6.42 Å². The molecule has 1 fully saturated rings. The molecule has 6 nitrogen and oxygen atoms in total. The molecule has 1 aliphatic heterocycles. The maximum absolute atomic E-state index is 12.9. The molecule has 0 bridgehead atoms. The van der Waals surface area contributed by atoms with Gasteiger partial charge >= 0.3 is 11.9 Å². The van der Waals surface area contributed by atoms with Gasteiger partial charge in [0.25, 0.3) is 0 Å². The zero-order chi connectivity index (χ0) is 26.6. The summed E-state index contributed by atoms with van der Waals surface area (Å²) in [5.74, 6) is -0.110. The van der Waals surface area contributed by atoms with E-state index in [1.54, 1.807) is 0 Å². The van der Waals surface area contributed by atoms with Crippen LogP contribution in [0.4, 0.5) is 0 Å². The molecule has 1 saturated heterocycles. The predicted octanol–water partition coefficient (Wildman–Crippen LogP) is 7.27. The second-order valence-electron chi connectivity index (χ2n) is 11.2. The molecule has 0 aliphatic carbocycles. The minimum Gasteiger partial charge on any atom is -0.461 e. The van der Waals surface area contributed by atoms with Crippen LogP contribution in [-0.4, -0.2) is 36.6 Å². The van der Waals surface area contributed by atoms with E-state index in [1.165, 1.54) is 57.8 Å². The summed E-state index contributed by atoms with van der Waals surface area (Å²) in [6, 6.07) is -0.621. The van der Waals surface area contributed by atoms with Gasteiger partial charge in [0.2, 0.25) is 6.41 Å². The van der Waals surface area contributed by atoms with Gasteiger partial charge in [0.05, 0.1) is 5.92 Å². The first kappa shape index (κ1) is 32.4. The van der Waals surface area contributed by atoms with Gasteiger partial charge < -0.3 is 14.8 Å². The van der Waals surface area contributed by atoms with E-state index >= 15 is 0 Å². The molecular formula is C30H55NO5. The van der Waals surface area contributed by atoms with Crippen molar-refractivity contribution in [1.82, 2.24) is 5.32 Å². The van der Waals surface area contributed by atoms with Crippen LogP contribution in [0.15, 0.2) is 0 Å². The first-order valence-corrected chi connectivity index (χ1v) is 15.0. The van der Waals surface area contributed by atoms with Crippen molar-refractivity contribution in [2.45, 2.75) is 162 Å². The highest BCUT2D eigenvalue weighted by Crippen LogP contribution is 2.32. The van der Waals surface area contributed by atoms with Gasteiger partial charge in [0.15, 0.2) is 0 Å². The standard InChI is InChI=1S/C30H55NO5/c1-5-7-9-11-12-13-14-15-16-18-25(35-30(34)27(31-23-32)21-20-24(3)4)22-28-26(29(33)36-28)19-17-10-8-6-2/h23-28H,5-22H2,1-4H3,(H,31,32)/t25-,26-,27+,28-/m0/s1. The van der Waals surface area contributed by atoms with Gasteiger partial charge in [-0.05, 0) is 38.0 Å². The van der Waals surface area contributed by atoms with Crippen molar-refractivity contribution in [1.29, 1.82) is 0 Å². The molecule has 0 aromatic carbocycles. The van der Waals surface area contributed by atoms with Crippen molar-refractivity contribution in [3.8, 4) is 0 Å². The lowest BCUT2D eigenvalue weighted by Gasteiger charge is -2.37. The van der Waals surface area contributed by atoms with Crippen LogP contribution < -0.4 is 5.32 Å². The second-order valence-corrected chi connectivity index (χ2v) is 11.2. The number of nitrogens with one attached hydrogen (secondary N) is 1. The number of carbonyl (C=O) groups excluding carboxylic acids is 3. The Morgan fingerprint density at radius 2 is 1.47 bits per heavy atom. The third-order valence-electron chi connectivity index (χ3n) is 7.38. The van der Waals surface area contributed by atoms with Crippen LogP contribution in [0, 0.1) is 11.8 Å². The number of rotatable bonds is 24. The van der Waals surface area contributed by atoms with Crippen molar-refractivity contribution in [2.75, 3.05) is 0 Å². The fraction of sp³-hybridized carbons (Fsp3) is 0.900. The molecule has 1 rings (SSSR count). The molecule has 6 heteroatoms. The molecule has 1 aliphatic rings. The normalized spacial score (nSPS) is 18.9. The summed E-state index contributed by atoms with van der Waals surface area (Å²) in [6.45, 7) is 8.62. The molecule has 0 aromatic rings. The quantitative estimate of drug-likeness (QED) is 0.0840. The summed E-state index contributed by atoms with van der Waals surface area (Å²) in [5.41, 5.74) is 0. The lowest BCUT2D eigenvalue weighted by Crippen LogP contribution is -2.48. The average molecular weight is 510 g/mol. The van der Waals surface area contributed by atoms with Gasteiger partial charge in [-0.3, -0.25) is 9.59 Å². The number of amides is 1. The Hall–Kier alpha value is -1.59. The lowest BCUT2D eigenvalue weighted by molar-refractivity contribution is -0.190. The number of ether oxygens (including phenoxy) is 2. The summed E-state index contributed by atoms with van der Waals surface area (Å²) in [4.78, 5) is 36.1. The number of cyclic esters (lactones) is 1. The third kappa shape index (κ3) is 14.2. The Kier molecular flexibility index (Phi) is 18.4. The predicted molar refractivity (Wildman–Crippen MR) is 146 cm³/mol. The minimum absolute atomic E-state index is 0.0731. The number of carbonyl (C=O) groups is 3. The van der Waals surface area contributed by atoms with Gasteiger partial charge in [-0.1, -0.05) is 105 Å². The van der Waals surface area contributed by atoms with Crippen LogP contribution >= 0.6 is 0 Å². The lowest BCUT2D eigenvalue weighted by atomic mass is 9.86. The van der Waals surface area contributed by atoms with E-state index < -0.39 is 6.04 Å². The van der Waals surface area contributed by atoms with E-state index in [0.717, 1.165) is 44.9 Å². The molecule has 0 radical (unpaired) electrons. The van der Waals surface area contributed by atoms with E-state index in [2.05, 4.69) is 33.0 Å². The van der Waals surface area contributed by atoms with Crippen LogP contribution in [0.1, 0.15) is 143 Å². The monoisotopic (exact) mass is 509 g/mol. The molecule has 1 heterocycles. The van der Waals surface area contributed by atoms with Crippen molar-refractivity contribution in [2.24, 2.45) is 11.8 Å². The van der Waals surface area contributed by atoms with Crippen molar-refractivity contribution >= 4 is 18.3 Å². The van der Waals surface area contributed by atoms with E-state index in [-0.39, 0.29) is 30.1 Å². The highest BCUT2D eigenvalue weighted by molar-refractivity contribution is 5.79. The van der Waals surface area contributed by atoms with Crippen molar-refractivity contribution in [3.63, 3.8) is 0 Å². The molecular weight excluding hydrogens is 454 g/mol. The summed E-state index contributed by atoms with van der Waals surface area (Å²) in [6.07, 6.45) is 19.4. The van der Waals surface area contributed by atoms with Crippen LogP contribution in [0.3, 0.4) is 0 Å². The van der Waals surface area contributed by atoms with Crippen LogP contribution in [0.5, 0.6) is 0 Å².